The van der Waals surface area contributed by atoms with Gasteiger partial charge in [0.25, 0.3) is 0 Å². The van der Waals surface area contributed by atoms with E-state index in [4.69, 9.17) is 4.74 Å². The van der Waals surface area contributed by atoms with Crippen LogP contribution >= 0.6 is 0 Å². The van der Waals surface area contributed by atoms with Gasteiger partial charge in [-0.05, 0) is 18.4 Å². The lowest BCUT2D eigenvalue weighted by atomic mass is 9.76. The second-order valence-electron chi connectivity index (χ2n) is 4.48. The topological polar surface area (TPSA) is 43.4 Å². The van der Waals surface area contributed by atoms with E-state index in [1.807, 2.05) is 24.3 Å². The fourth-order valence-corrected chi connectivity index (χ4v) is 2.45. The number of hydrogen-bond acceptors (Lipinski definition) is 3. The average Bonchev–Trinajstić information content (AvgIpc) is 2.38. The number of fused-ring (bicyclic) bond motifs is 1. The summed E-state index contributed by atoms with van der Waals surface area (Å²) in [6.07, 6.45) is 1.58. The molecule has 1 aromatic rings. The molecular formula is C14H16O3. The van der Waals surface area contributed by atoms with Crippen LogP contribution in [-0.2, 0) is 16.0 Å². The molecule has 0 spiro atoms. The van der Waals surface area contributed by atoms with Gasteiger partial charge in [-0.1, -0.05) is 31.2 Å². The standard InChI is InChI=1S/C14H16O3/c1-9(14(16)17-2)11-8-7-10-5-3-4-6-12(10)13(11)15/h3-6,9,11H,7-8H2,1-2H3. The number of rotatable bonds is 2. The van der Waals surface area contributed by atoms with E-state index in [0.717, 1.165) is 24.0 Å². The first-order valence-corrected chi connectivity index (χ1v) is 5.85. The predicted molar refractivity (Wildman–Crippen MR) is 63.8 cm³/mol. The number of hydrogen-bond donors (Lipinski definition) is 0. The van der Waals surface area contributed by atoms with Crippen molar-refractivity contribution in [2.75, 3.05) is 7.11 Å². The fourth-order valence-electron chi connectivity index (χ4n) is 2.45. The van der Waals surface area contributed by atoms with Crippen molar-refractivity contribution < 1.29 is 14.3 Å². The molecule has 17 heavy (non-hydrogen) atoms. The first kappa shape index (κ1) is 11.8. The molecule has 0 N–H and O–H groups in total. The molecule has 2 rings (SSSR count). The Bertz CT molecular complexity index is 451. The first-order valence-electron chi connectivity index (χ1n) is 5.85. The maximum Gasteiger partial charge on any atom is 0.309 e. The van der Waals surface area contributed by atoms with E-state index in [2.05, 4.69) is 0 Å². The molecule has 0 fully saturated rings. The molecule has 1 aliphatic carbocycles. The minimum atomic E-state index is -0.360. The van der Waals surface area contributed by atoms with Crippen molar-refractivity contribution in [3.8, 4) is 0 Å². The van der Waals surface area contributed by atoms with Gasteiger partial charge in [0.05, 0.1) is 13.0 Å². The van der Waals surface area contributed by atoms with Gasteiger partial charge in [0.15, 0.2) is 5.78 Å². The van der Waals surface area contributed by atoms with Gasteiger partial charge in [-0.25, -0.2) is 0 Å². The summed E-state index contributed by atoms with van der Waals surface area (Å²) in [7, 11) is 1.36. The molecule has 0 saturated heterocycles. The van der Waals surface area contributed by atoms with Crippen molar-refractivity contribution >= 4 is 11.8 Å². The van der Waals surface area contributed by atoms with Crippen LogP contribution in [0.25, 0.3) is 0 Å². The summed E-state index contributed by atoms with van der Waals surface area (Å²) in [4.78, 5) is 23.8. The summed E-state index contributed by atoms with van der Waals surface area (Å²) in [5, 5.41) is 0. The van der Waals surface area contributed by atoms with Gasteiger partial charge in [-0.3, -0.25) is 9.59 Å². The van der Waals surface area contributed by atoms with Gasteiger partial charge in [-0.15, -0.1) is 0 Å². The van der Waals surface area contributed by atoms with Crippen molar-refractivity contribution in [3.05, 3.63) is 35.4 Å². The first-order chi connectivity index (χ1) is 8.15. The quantitative estimate of drug-likeness (QED) is 0.734. The van der Waals surface area contributed by atoms with Crippen molar-refractivity contribution in [2.24, 2.45) is 11.8 Å². The van der Waals surface area contributed by atoms with E-state index in [9.17, 15) is 9.59 Å². The number of aryl methyl sites for hydroxylation is 1. The Hall–Kier alpha value is -1.64. The summed E-state index contributed by atoms with van der Waals surface area (Å²) in [5.41, 5.74) is 1.85. The highest BCUT2D eigenvalue weighted by Gasteiger charge is 2.34. The highest BCUT2D eigenvalue weighted by Crippen LogP contribution is 2.30. The Morgan fingerprint density at radius 1 is 1.41 bits per heavy atom. The largest absolute Gasteiger partial charge is 0.469 e. The SMILES string of the molecule is COC(=O)C(C)C1CCc2ccccc2C1=O. The molecule has 0 radical (unpaired) electrons. The lowest BCUT2D eigenvalue weighted by Crippen LogP contribution is -2.32. The number of Topliss-reactive ketones (excluding diaryl/α,β-unsaturated/α-hetero) is 1. The van der Waals surface area contributed by atoms with Crippen molar-refractivity contribution in [2.45, 2.75) is 19.8 Å². The van der Waals surface area contributed by atoms with Crippen LogP contribution in [0, 0.1) is 11.8 Å². The second-order valence-corrected chi connectivity index (χ2v) is 4.48. The van der Waals surface area contributed by atoms with Crippen molar-refractivity contribution in [1.29, 1.82) is 0 Å². The summed E-state index contributed by atoms with van der Waals surface area (Å²) in [5.74, 6) is -0.828. The smallest absolute Gasteiger partial charge is 0.309 e. The number of benzene rings is 1. The van der Waals surface area contributed by atoms with Crippen LogP contribution in [0.5, 0.6) is 0 Å². The zero-order valence-corrected chi connectivity index (χ0v) is 10.1. The predicted octanol–water partition coefficient (Wildman–Crippen LogP) is 2.24. The van der Waals surface area contributed by atoms with Gasteiger partial charge in [0.2, 0.25) is 0 Å². The third-order valence-electron chi connectivity index (χ3n) is 3.52. The molecule has 2 atom stereocenters. The fraction of sp³-hybridized carbons (Fsp3) is 0.429. The maximum atomic E-state index is 12.3. The van der Waals surface area contributed by atoms with Crippen LogP contribution in [0.15, 0.2) is 24.3 Å². The van der Waals surface area contributed by atoms with Crippen LogP contribution in [0.4, 0.5) is 0 Å². The zero-order chi connectivity index (χ0) is 12.4. The van der Waals surface area contributed by atoms with E-state index >= 15 is 0 Å². The number of esters is 1. The zero-order valence-electron chi connectivity index (χ0n) is 10.1. The monoisotopic (exact) mass is 232 g/mol. The van der Waals surface area contributed by atoms with E-state index in [-0.39, 0.29) is 23.6 Å². The second kappa shape index (κ2) is 4.70. The van der Waals surface area contributed by atoms with E-state index in [0.29, 0.717) is 0 Å². The number of ether oxygens (including phenoxy) is 1. The Labute approximate surface area is 101 Å². The molecule has 2 unspecified atom stereocenters. The number of carbonyl (C=O) groups excluding carboxylic acids is 2. The minimum Gasteiger partial charge on any atom is -0.469 e. The molecular weight excluding hydrogens is 216 g/mol. The summed E-state index contributed by atoms with van der Waals surface area (Å²) in [6, 6.07) is 7.62. The number of ketones is 1. The van der Waals surface area contributed by atoms with Crippen LogP contribution < -0.4 is 0 Å². The third kappa shape index (κ3) is 2.09. The van der Waals surface area contributed by atoms with Crippen molar-refractivity contribution in [3.63, 3.8) is 0 Å². The Morgan fingerprint density at radius 2 is 2.12 bits per heavy atom. The summed E-state index contributed by atoms with van der Waals surface area (Å²) < 4.78 is 4.71. The molecule has 0 aromatic heterocycles. The van der Waals surface area contributed by atoms with Crippen LogP contribution in [0.3, 0.4) is 0 Å². The Balaban J connectivity index is 2.26. The normalized spacial score (nSPS) is 20.6. The highest BCUT2D eigenvalue weighted by molar-refractivity contribution is 6.02. The van der Waals surface area contributed by atoms with Gasteiger partial charge in [0, 0.05) is 11.5 Å². The van der Waals surface area contributed by atoms with Gasteiger partial charge >= 0.3 is 5.97 Å². The third-order valence-corrected chi connectivity index (χ3v) is 3.52. The average molecular weight is 232 g/mol. The van der Waals surface area contributed by atoms with E-state index in [1.165, 1.54) is 7.11 Å². The lowest BCUT2D eigenvalue weighted by Gasteiger charge is -2.26. The van der Waals surface area contributed by atoms with E-state index < -0.39 is 0 Å². The summed E-state index contributed by atoms with van der Waals surface area (Å²) >= 11 is 0. The Kier molecular flexibility index (Phi) is 3.27. The molecule has 0 heterocycles. The van der Waals surface area contributed by atoms with E-state index in [1.54, 1.807) is 6.92 Å². The molecule has 0 bridgehead atoms. The van der Waals surface area contributed by atoms with Crippen LogP contribution in [0.2, 0.25) is 0 Å². The molecule has 0 aliphatic heterocycles. The molecule has 1 aliphatic rings. The van der Waals surface area contributed by atoms with Gasteiger partial charge < -0.3 is 4.74 Å². The molecule has 3 heteroatoms. The van der Waals surface area contributed by atoms with Crippen LogP contribution in [0.1, 0.15) is 29.3 Å². The Morgan fingerprint density at radius 3 is 2.82 bits per heavy atom. The molecule has 0 amide bonds. The van der Waals surface area contributed by atoms with Gasteiger partial charge in [0.1, 0.15) is 0 Å². The lowest BCUT2D eigenvalue weighted by molar-refractivity contribution is -0.146. The van der Waals surface area contributed by atoms with Gasteiger partial charge in [-0.2, -0.15) is 0 Å². The number of carbonyl (C=O) groups is 2. The molecule has 3 nitrogen and oxygen atoms in total. The number of methoxy groups -OCH3 is 1. The van der Waals surface area contributed by atoms with Crippen LogP contribution in [-0.4, -0.2) is 18.9 Å². The summed E-state index contributed by atoms with van der Waals surface area (Å²) in [6.45, 7) is 1.77. The molecule has 0 saturated carbocycles. The highest BCUT2D eigenvalue weighted by atomic mass is 16.5. The maximum absolute atomic E-state index is 12.3. The molecule has 90 valence electrons. The molecule has 1 aromatic carbocycles. The minimum absolute atomic E-state index is 0.0738. The van der Waals surface area contributed by atoms with Crippen molar-refractivity contribution in [1.82, 2.24) is 0 Å².